The van der Waals surface area contributed by atoms with E-state index in [2.05, 4.69) is 0 Å². The molecule has 0 spiro atoms. The summed E-state index contributed by atoms with van der Waals surface area (Å²) >= 11 is 2.33. The summed E-state index contributed by atoms with van der Waals surface area (Å²) in [6, 6.07) is 3.50. The van der Waals surface area contributed by atoms with E-state index in [4.69, 9.17) is 5.11 Å². The van der Waals surface area contributed by atoms with Crippen LogP contribution < -0.4 is 0 Å². The topological polar surface area (TPSA) is 74.7 Å². The first-order valence-electron chi connectivity index (χ1n) is 5.33. The Morgan fingerprint density at radius 3 is 2.94 bits per heavy atom. The summed E-state index contributed by atoms with van der Waals surface area (Å²) in [7, 11) is 0. The fraction of sp³-hybridized carbons (Fsp3) is 0.364. The predicted molar refractivity (Wildman–Crippen MR) is 68.9 cm³/mol. The summed E-state index contributed by atoms with van der Waals surface area (Å²) in [5.74, 6) is -1.29. The summed E-state index contributed by atoms with van der Waals surface area (Å²) in [6.45, 7) is 0.115. The number of hydrogen-bond acceptors (Lipinski definition) is 5. The van der Waals surface area contributed by atoms with Crippen LogP contribution in [0.2, 0.25) is 0 Å². The van der Waals surface area contributed by atoms with Crippen LogP contribution in [0.3, 0.4) is 0 Å². The number of likely N-dealkylation sites (tertiary alicyclic amines) is 1. The summed E-state index contributed by atoms with van der Waals surface area (Å²) in [6.07, 6.45) is 0.522. The second kappa shape index (κ2) is 5.53. The highest BCUT2D eigenvalue weighted by Gasteiger charge is 2.34. The molecule has 18 heavy (non-hydrogen) atoms. The second-order valence-electron chi connectivity index (χ2n) is 3.81. The number of thiophene rings is 1. The second-order valence-corrected chi connectivity index (χ2v) is 5.94. The third-order valence-electron chi connectivity index (χ3n) is 2.55. The lowest BCUT2D eigenvalue weighted by molar-refractivity contribution is -0.142. The van der Waals surface area contributed by atoms with Crippen molar-refractivity contribution >= 4 is 40.1 Å². The van der Waals surface area contributed by atoms with Gasteiger partial charge in [-0.05, 0) is 17.9 Å². The van der Waals surface area contributed by atoms with Gasteiger partial charge in [0.05, 0.1) is 10.1 Å². The quantitative estimate of drug-likeness (QED) is 0.902. The van der Waals surface area contributed by atoms with Gasteiger partial charge >= 0.3 is 5.97 Å². The van der Waals surface area contributed by atoms with Gasteiger partial charge in [0.2, 0.25) is 11.0 Å². The molecule has 0 radical (unpaired) electrons. The van der Waals surface area contributed by atoms with Crippen LogP contribution >= 0.6 is 23.1 Å². The standard InChI is InChI=1S/C11H11NO4S2/c13-9(14)6-12-4-3-7(10(12)15)18-11(16)8-2-1-5-17-8/h1-2,5,7H,3-4,6H2,(H,13,14)/t7-/m0/s1. The highest BCUT2D eigenvalue weighted by Crippen LogP contribution is 2.28. The molecule has 1 aromatic heterocycles. The van der Waals surface area contributed by atoms with Crippen LogP contribution in [0.15, 0.2) is 17.5 Å². The van der Waals surface area contributed by atoms with Crippen LogP contribution in [0.25, 0.3) is 0 Å². The van der Waals surface area contributed by atoms with Crippen molar-refractivity contribution in [1.29, 1.82) is 0 Å². The van der Waals surface area contributed by atoms with Gasteiger partial charge in [-0.15, -0.1) is 11.3 Å². The number of nitrogens with zero attached hydrogens (tertiary/aromatic N) is 1. The van der Waals surface area contributed by atoms with Crippen molar-refractivity contribution in [1.82, 2.24) is 4.90 Å². The maximum absolute atomic E-state index is 11.8. The Kier molecular flexibility index (Phi) is 4.03. The first-order valence-corrected chi connectivity index (χ1v) is 7.09. The number of carbonyl (C=O) groups excluding carboxylic acids is 2. The van der Waals surface area contributed by atoms with Crippen molar-refractivity contribution in [3.63, 3.8) is 0 Å². The number of aliphatic carboxylic acids is 1. The first-order chi connectivity index (χ1) is 8.58. The van der Waals surface area contributed by atoms with E-state index in [1.165, 1.54) is 16.2 Å². The van der Waals surface area contributed by atoms with Crippen molar-refractivity contribution in [3.8, 4) is 0 Å². The normalized spacial score (nSPS) is 19.2. The van der Waals surface area contributed by atoms with Gasteiger partial charge in [0.25, 0.3) is 0 Å². The highest BCUT2D eigenvalue weighted by atomic mass is 32.2. The number of carbonyl (C=O) groups is 3. The van der Waals surface area contributed by atoms with Crippen LogP contribution in [-0.4, -0.2) is 45.3 Å². The molecule has 1 N–H and O–H groups in total. The summed E-state index contributed by atoms with van der Waals surface area (Å²) < 4.78 is 0. The number of thioether (sulfide) groups is 1. The molecule has 0 unspecified atom stereocenters. The van der Waals surface area contributed by atoms with Crippen molar-refractivity contribution in [2.45, 2.75) is 11.7 Å². The molecule has 0 aliphatic carbocycles. The minimum absolute atomic E-state index is 0.125. The molecule has 7 heteroatoms. The van der Waals surface area contributed by atoms with Crippen LogP contribution in [0.4, 0.5) is 0 Å². The van der Waals surface area contributed by atoms with Crippen molar-refractivity contribution in [2.75, 3.05) is 13.1 Å². The van der Waals surface area contributed by atoms with Gasteiger partial charge in [0.15, 0.2) is 0 Å². The lowest BCUT2D eigenvalue weighted by atomic mass is 10.4. The smallest absolute Gasteiger partial charge is 0.323 e. The first kappa shape index (κ1) is 13.1. The summed E-state index contributed by atoms with van der Waals surface area (Å²) in [5.41, 5.74) is 0. The summed E-state index contributed by atoms with van der Waals surface area (Å²) in [5, 5.41) is 9.88. The third kappa shape index (κ3) is 2.91. The van der Waals surface area contributed by atoms with Gasteiger partial charge in [-0.2, -0.15) is 0 Å². The Balaban J connectivity index is 1.94. The molecule has 96 valence electrons. The Labute approximate surface area is 112 Å². The van der Waals surface area contributed by atoms with Gasteiger partial charge in [-0.1, -0.05) is 17.8 Å². The minimum atomic E-state index is -1.03. The molecule has 1 amide bonds. The van der Waals surface area contributed by atoms with E-state index in [0.717, 1.165) is 11.8 Å². The lowest BCUT2D eigenvalue weighted by Gasteiger charge is -2.12. The van der Waals surface area contributed by atoms with Crippen molar-refractivity contribution in [2.24, 2.45) is 0 Å². The molecule has 2 heterocycles. The van der Waals surface area contributed by atoms with Crippen LogP contribution in [0, 0.1) is 0 Å². The molecule has 2 rings (SSSR count). The highest BCUT2D eigenvalue weighted by molar-refractivity contribution is 8.15. The zero-order valence-electron chi connectivity index (χ0n) is 9.37. The lowest BCUT2D eigenvalue weighted by Crippen LogP contribution is -2.33. The maximum atomic E-state index is 11.8. The van der Waals surface area contributed by atoms with Crippen molar-refractivity contribution < 1.29 is 19.5 Å². The van der Waals surface area contributed by atoms with Gasteiger partial charge < -0.3 is 10.0 Å². The molecule has 1 aliphatic heterocycles. The largest absolute Gasteiger partial charge is 0.480 e. The number of carboxylic acids is 1. The Hall–Kier alpha value is -1.34. The Bertz CT molecular complexity index is 471. The fourth-order valence-corrected chi connectivity index (χ4v) is 3.48. The average Bonchev–Trinajstić information content (AvgIpc) is 2.93. The van der Waals surface area contributed by atoms with E-state index in [9.17, 15) is 14.4 Å². The van der Waals surface area contributed by atoms with Gasteiger partial charge in [-0.25, -0.2) is 0 Å². The number of rotatable bonds is 4. The van der Waals surface area contributed by atoms with Crippen LogP contribution in [-0.2, 0) is 9.59 Å². The maximum Gasteiger partial charge on any atom is 0.323 e. The molecular weight excluding hydrogens is 274 g/mol. The van der Waals surface area contributed by atoms with Gasteiger partial charge in [0.1, 0.15) is 6.54 Å². The SMILES string of the molecule is O=C(O)CN1CC[C@H](SC(=O)c2cccs2)C1=O. The molecular formula is C11H11NO4S2. The molecule has 5 nitrogen and oxygen atoms in total. The molecule has 1 atom stereocenters. The zero-order chi connectivity index (χ0) is 13.1. The van der Waals surface area contributed by atoms with Crippen LogP contribution in [0.1, 0.15) is 16.1 Å². The molecule has 1 fully saturated rings. The fourth-order valence-electron chi connectivity index (χ4n) is 1.72. The van der Waals surface area contributed by atoms with E-state index < -0.39 is 11.2 Å². The van der Waals surface area contributed by atoms with E-state index in [1.807, 2.05) is 0 Å². The van der Waals surface area contributed by atoms with E-state index in [-0.39, 0.29) is 17.6 Å². The Morgan fingerprint density at radius 2 is 2.33 bits per heavy atom. The molecule has 1 aliphatic rings. The molecule has 0 aromatic carbocycles. The molecule has 0 bridgehead atoms. The minimum Gasteiger partial charge on any atom is -0.480 e. The summed E-state index contributed by atoms with van der Waals surface area (Å²) in [4.78, 5) is 36.1. The number of hydrogen-bond donors (Lipinski definition) is 1. The average molecular weight is 285 g/mol. The van der Waals surface area contributed by atoms with Gasteiger partial charge in [-0.3, -0.25) is 14.4 Å². The predicted octanol–water partition coefficient (Wildman–Crippen LogP) is 1.31. The molecule has 0 saturated carbocycles. The van der Waals surface area contributed by atoms with Crippen molar-refractivity contribution in [3.05, 3.63) is 22.4 Å². The molecule has 1 saturated heterocycles. The zero-order valence-corrected chi connectivity index (χ0v) is 11.0. The molecule has 1 aromatic rings. The number of amides is 1. The van der Waals surface area contributed by atoms with Gasteiger partial charge in [0, 0.05) is 6.54 Å². The van der Waals surface area contributed by atoms with E-state index in [0.29, 0.717) is 17.8 Å². The number of carboxylic acid groups (broad SMARTS) is 1. The Morgan fingerprint density at radius 1 is 1.56 bits per heavy atom. The van der Waals surface area contributed by atoms with E-state index >= 15 is 0 Å². The van der Waals surface area contributed by atoms with E-state index in [1.54, 1.807) is 17.5 Å². The monoisotopic (exact) mass is 285 g/mol. The third-order valence-corrected chi connectivity index (χ3v) is 4.70. The van der Waals surface area contributed by atoms with Crippen LogP contribution in [0.5, 0.6) is 0 Å².